The number of carbonyl (C=O) groups excluding carboxylic acids is 3. The first-order valence-electron chi connectivity index (χ1n) is 27.6. The maximum absolute atomic E-state index is 11.3. The molecule has 0 aromatic heterocycles. The third-order valence-corrected chi connectivity index (χ3v) is 11.7. The van der Waals surface area contributed by atoms with Gasteiger partial charge in [0.1, 0.15) is 17.2 Å². The van der Waals surface area contributed by atoms with E-state index in [1.54, 1.807) is 28.9 Å². The van der Waals surface area contributed by atoms with E-state index in [0.29, 0.717) is 19.3 Å². The van der Waals surface area contributed by atoms with Crippen LogP contribution in [-0.4, -0.2) is 95.0 Å². The number of amides is 3. The van der Waals surface area contributed by atoms with Gasteiger partial charge in [0.15, 0.2) is 0 Å². The van der Waals surface area contributed by atoms with Gasteiger partial charge >= 0.3 is 0 Å². The molecule has 3 aliphatic rings. The van der Waals surface area contributed by atoms with Crippen LogP contribution in [0.15, 0.2) is 146 Å². The van der Waals surface area contributed by atoms with Crippen LogP contribution in [0.3, 0.4) is 0 Å². The van der Waals surface area contributed by atoms with Crippen molar-refractivity contribution >= 4 is 17.7 Å². The van der Waals surface area contributed by atoms with Crippen LogP contribution in [0.4, 0.5) is 0 Å². The van der Waals surface area contributed by atoms with Crippen molar-refractivity contribution in [1.82, 2.24) is 30.7 Å². The van der Waals surface area contributed by atoms with Crippen molar-refractivity contribution in [1.29, 1.82) is 0 Å². The second kappa shape index (κ2) is 38.6. The Hall–Kier alpha value is -6.99. The van der Waals surface area contributed by atoms with Crippen LogP contribution in [0.5, 0.6) is 17.2 Å². The molecule has 3 amide bonds. The van der Waals surface area contributed by atoms with Gasteiger partial charge in [-0.3, -0.25) is 14.4 Å². The molecular weight excluding hydrogens is 985 g/mol. The lowest BCUT2D eigenvalue weighted by atomic mass is 10.00. The van der Waals surface area contributed by atoms with Gasteiger partial charge in [-0.1, -0.05) is 169 Å². The third kappa shape index (κ3) is 27.0. The molecule has 0 atom stereocenters. The summed E-state index contributed by atoms with van der Waals surface area (Å²) in [6.07, 6.45) is 1.92. The lowest BCUT2D eigenvalue weighted by Gasteiger charge is -2.24. The van der Waals surface area contributed by atoms with Gasteiger partial charge in [-0.25, -0.2) is 0 Å². The van der Waals surface area contributed by atoms with Crippen molar-refractivity contribution in [3.05, 3.63) is 196 Å². The zero-order valence-electron chi connectivity index (χ0n) is 50.7. The number of methoxy groups -OCH3 is 2. The Morgan fingerprint density at radius 3 is 0.861 bits per heavy atom. The van der Waals surface area contributed by atoms with E-state index in [-0.39, 0.29) is 23.8 Å². The molecule has 6 aromatic rings. The molecule has 9 rings (SSSR count). The molecule has 430 valence electrons. The van der Waals surface area contributed by atoms with Crippen molar-refractivity contribution in [2.24, 2.45) is 11.8 Å². The van der Waals surface area contributed by atoms with Crippen LogP contribution in [0.1, 0.15) is 105 Å². The molecule has 0 spiro atoms. The summed E-state index contributed by atoms with van der Waals surface area (Å²) in [5.41, 5.74) is 11.0. The van der Waals surface area contributed by atoms with Gasteiger partial charge in [-0.05, 0) is 98.4 Å². The number of hydrogen-bond acceptors (Lipinski definition) is 9. The van der Waals surface area contributed by atoms with Gasteiger partial charge in [0.25, 0.3) is 0 Å². The van der Waals surface area contributed by atoms with Crippen molar-refractivity contribution in [2.75, 3.05) is 56.5 Å². The molecule has 0 saturated heterocycles. The van der Waals surface area contributed by atoms with Gasteiger partial charge in [-0.15, -0.1) is 0 Å². The fourth-order valence-corrected chi connectivity index (χ4v) is 7.87. The number of fused-ring (bicyclic) bond motifs is 3. The molecule has 0 radical (unpaired) electrons. The van der Waals surface area contributed by atoms with Crippen LogP contribution < -0.4 is 30.2 Å². The van der Waals surface area contributed by atoms with E-state index in [2.05, 4.69) is 93.9 Å². The summed E-state index contributed by atoms with van der Waals surface area (Å²) in [6, 6.07) is 48.4. The van der Waals surface area contributed by atoms with E-state index in [0.717, 1.165) is 68.4 Å². The number of ether oxygens (including phenoxy) is 3. The first-order chi connectivity index (χ1) is 37.8. The molecule has 79 heavy (non-hydrogen) atoms. The maximum atomic E-state index is 11.3. The smallest absolute Gasteiger partial charge is 0.227 e. The average Bonchev–Trinajstić information content (AvgIpc) is 3.42. The SMILES string of the molecule is CC(C)C.CC(C)C.CN1Cc2ccccc2CC1=O.CN1Cc2ccccc2CC1=O.CN1Cc2ccccc2CC1=O.CNCc1ccccc1OC.CNCc1ccccc1OC.CNCc1ccccc1OC(C)C. The molecule has 0 unspecified atom stereocenters. The summed E-state index contributed by atoms with van der Waals surface area (Å²) in [5, 5.41) is 9.28. The first-order valence-corrected chi connectivity index (χ1v) is 27.6. The summed E-state index contributed by atoms with van der Waals surface area (Å²) in [4.78, 5) is 39.1. The molecule has 6 aromatic carbocycles. The van der Waals surface area contributed by atoms with Gasteiger partial charge in [-0.2, -0.15) is 0 Å². The number of likely N-dealkylation sites (N-methyl/N-ethyl adjacent to an activating group) is 3. The summed E-state index contributed by atoms with van der Waals surface area (Å²) in [7, 11) is 14.7. The van der Waals surface area contributed by atoms with Gasteiger partial charge < -0.3 is 44.9 Å². The summed E-state index contributed by atoms with van der Waals surface area (Å²) >= 11 is 0. The molecule has 0 fully saturated rings. The topological polar surface area (TPSA) is 125 Å². The monoisotopic (exact) mass is 1080 g/mol. The van der Waals surface area contributed by atoms with E-state index >= 15 is 0 Å². The zero-order valence-corrected chi connectivity index (χ0v) is 50.7. The van der Waals surface area contributed by atoms with Crippen LogP contribution in [0, 0.1) is 11.8 Å². The molecule has 0 saturated carbocycles. The maximum Gasteiger partial charge on any atom is 0.227 e. The third-order valence-electron chi connectivity index (χ3n) is 11.7. The van der Waals surface area contributed by atoms with Gasteiger partial charge in [0.05, 0.1) is 39.6 Å². The predicted molar refractivity (Wildman–Crippen MR) is 327 cm³/mol. The zero-order chi connectivity index (χ0) is 58.7. The Kier molecular flexibility index (Phi) is 33.2. The second-order valence-corrected chi connectivity index (χ2v) is 21.0. The lowest BCUT2D eigenvalue weighted by molar-refractivity contribution is -0.131. The highest BCUT2D eigenvalue weighted by atomic mass is 16.5. The van der Waals surface area contributed by atoms with Crippen LogP contribution in [-0.2, 0) is 72.9 Å². The molecular formula is C67H96N6O6. The predicted octanol–water partition coefficient (Wildman–Crippen LogP) is 12.0. The Morgan fingerprint density at radius 2 is 0.608 bits per heavy atom. The Labute approximate surface area is 476 Å². The van der Waals surface area contributed by atoms with E-state index < -0.39 is 0 Å². The lowest BCUT2D eigenvalue weighted by Crippen LogP contribution is -2.32. The van der Waals surface area contributed by atoms with Crippen molar-refractivity contribution < 1.29 is 28.6 Å². The van der Waals surface area contributed by atoms with E-state index in [9.17, 15) is 14.4 Å². The molecule has 3 N–H and O–H groups in total. The average molecular weight is 1080 g/mol. The van der Waals surface area contributed by atoms with Gasteiger partial charge in [0, 0.05) is 77.1 Å². The Bertz CT molecular complexity index is 2450. The summed E-state index contributed by atoms with van der Waals surface area (Å²) in [6.45, 7) is 21.9. The highest BCUT2D eigenvalue weighted by molar-refractivity contribution is 5.81. The first kappa shape index (κ1) is 68.1. The minimum absolute atomic E-state index is 0.216. The fourth-order valence-electron chi connectivity index (χ4n) is 7.87. The van der Waals surface area contributed by atoms with Crippen molar-refractivity contribution in [3.8, 4) is 17.2 Å². The molecule has 12 nitrogen and oxygen atoms in total. The van der Waals surface area contributed by atoms with Crippen LogP contribution in [0.2, 0.25) is 0 Å². The second-order valence-electron chi connectivity index (χ2n) is 21.0. The van der Waals surface area contributed by atoms with Crippen LogP contribution in [0.25, 0.3) is 0 Å². The van der Waals surface area contributed by atoms with Crippen LogP contribution >= 0.6 is 0 Å². The fraction of sp³-hybridized carbons (Fsp3) is 0.418. The highest BCUT2D eigenvalue weighted by Crippen LogP contribution is 2.22. The highest BCUT2D eigenvalue weighted by Gasteiger charge is 2.20. The number of para-hydroxylation sites is 3. The van der Waals surface area contributed by atoms with E-state index in [4.69, 9.17) is 14.2 Å². The quantitative estimate of drug-likeness (QED) is 0.123. The summed E-state index contributed by atoms with van der Waals surface area (Å²) < 4.78 is 16.0. The number of nitrogens with one attached hydrogen (secondary N) is 3. The molecule has 3 aliphatic heterocycles. The normalized spacial score (nSPS) is 12.6. The number of nitrogens with zero attached hydrogens (tertiary/aromatic N) is 3. The molecule has 3 heterocycles. The minimum Gasteiger partial charge on any atom is -0.496 e. The van der Waals surface area contributed by atoms with E-state index in [1.165, 1.54) is 50.1 Å². The standard InChI is InChI=1S/C11H17NO.3C10H11NO.2C9H13NO.2C4H10/c1-9(2)13-11-7-5-4-6-10(11)8-12-3;3*1-11-7-9-5-3-2-4-8(9)6-10(11)12;2*1-10-7-8-5-3-4-6-9(8)11-2;2*1-4(2)3/h4-7,9,12H,8H2,1-3H3;3*2-5H,6-7H2,1H3;2*3-6,10H,7H2,1-2H3;2*4H,1-3H3. The van der Waals surface area contributed by atoms with Gasteiger partial charge in [0.2, 0.25) is 17.7 Å². The minimum atomic E-state index is 0.216. The molecule has 12 heteroatoms. The molecule has 0 aliphatic carbocycles. The van der Waals surface area contributed by atoms with E-state index in [1.807, 2.05) is 165 Å². The number of benzene rings is 6. The summed E-state index contributed by atoms with van der Waals surface area (Å²) in [5.74, 6) is 5.19. The number of rotatable bonds is 10. The van der Waals surface area contributed by atoms with Crippen molar-refractivity contribution in [2.45, 2.75) is 120 Å². The Balaban J connectivity index is 0.000000315. The van der Waals surface area contributed by atoms with Crippen molar-refractivity contribution in [3.63, 3.8) is 0 Å². The molecule has 0 bridgehead atoms. The largest absolute Gasteiger partial charge is 0.496 e. The Morgan fingerprint density at radius 1 is 0.380 bits per heavy atom. The number of hydrogen-bond donors (Lipinski definition) is 3. The number of carbonyl (C=O) groups is 3.